The van der Waals surface area contributed by atoms with Gasteiger partial charge in [-0.1, -0.05) is 20.3 Å². The summed E-state index contributed by atoms with van der Waals surface area (Å²) < 4.78 is 0. The zero-order chi connectivity index (χ0) is 22.7. The fraction of sp³-hybridized carbons (Fsp3) is 0.778. The third-order valence-corrected chi connectivity index (χ3v) is 5.21. The molecule has 0 aromatic rings. The minimum atomic E-state index is -1.38. The number of thioether (sulfide) groups is 1. The van der Waals surface area contributed by atoms with Gasteiger partial charge in [-0.15, -0.1) is 0 Å². The van der Waals surface area contributed by atoms with Gasteiger partial charge in [-0.05, 0) is 38.2 Å². The molecule has 6 unspecified atom stereocenters. The fourth-order valence-corrected chi connectivity index (χ4v) is 2.86. The van der Waals surface area contributed by atoms with Crippen molar-refractivity contribution in [1.29, 1.82) is 0 Å². The maximum Gasteiger partial charge on any atom is 0.326 e. The maximum atomic E-state index is 12.5. The largest absolute Gasteiger partial charge is 0.480 e. The monoisotopic (exact) mass is 434 g/mol. The van der Waals surface area contributed by atoms with Crippen molar-refractivity contribution in [2.45, 2.75) is 70.8 Å². The average molecular weight is 435 g/mol. The van der Waals surface area contributed by atoms with E-state index in [1.165, 1.54) is 13.8 Å². The minimum absolute atomic E-state index is 0.345. The predicted molar refractivity (Wildman–Crippen MR) is 111 cm³/mol. The zero-order valence-electron chi connectivity index (χ0n) is 17.6. The van der Waals surface area contributed by atoms with Gasteiger partial charge >= 0.3 is 5.97 Å². The molecule has 11 heteroatoms. The van der Waals surface area contributed by atoms with Crippen LogP contribution in [0.2, 0.25) is 0 Å². The summed E-state index contributed by atoms with van der Waals surface area (Å²) in [6.07, 6.45) is 1.57. The topological polar surface area (TPSA) is 171 Å². The number of hydrogen-bond donors (Lipinski definition) is 6. The van der Waals surface area contributed by atoms with E-state index in [9.17, 15) is 29.4 Å². The number of aliphatic hydroxyl groups is 1. The predicted octanol–water partition coefficient (Wildman–Crippen LogP) is -0.947. The van der Waals surface area contributed by atoms with Crippen LogP contribution in [-0.4, -0.2) is 76.2 Å². The lowest BCUT2D eigenvalue weighted by Crippen LogP contribution is -2.59. The Morgan fingerprint density at radius 3 is 1.97 bits per heavy atom. The number of aliphatic carboxylic acids is 1. The standard InChI is InChI=1S/C18H34N4O6S/c1-6-9(2)13(18(27)28)21-17(26)14(11(4)23)22-15(24)10(3)20-16(25)12(19)7-8-29-5/h9-14,23H,6-8,19H2,1-5H3,(H,20,25)(H,21,26)(H,22,24)(H,27,28). The molecule has 0 aromatic carbocycles. The molecule has 3 amide bonds. The minimum Gasteiger partial charge on any atom is -0.480 e. The third-order valence-electron chi connectivity index (χ3n) is 4.56. The summed E-state index contributed by atoms with van der Waals surface area (Å²) >= 11 is 1.54. The second kappa shape index (κ2) is 13.4. The van der Waals surface area contributed by atoms with E-state index in [1.807, 2.05) is 6.26 Å². The van der Waals surface area contributed by atoms with Crippen molar-refractivity contribution in [1.82, 2.24) is 16.0 Å². The normalized spacial score (nSPS) is 17.2. The first-order valence-electron chi connectivity index (χ1n) is 9.52. The summed E-state index contributed by atoms with van der Waals surface area (Å²) in [5.41, 5.74) is 5.76. The molecule has 0 aliphatic heterocycles. The molecule has 10 nitrogen and oxygen atoms in total. The second-order valence-electron chi connectivity index (χ2n) is 7.06. The van der Waals surface area contributed by atoms with E-state index in [1.54, 1.807) is 25.6 Å². The molecule has 7 N–H and O–H groups in total. The van der Waals surface area contributed by atoms with Crippen LogP contribution in [0.3, 0.4) is 0 Å². The maximum absolute atomic E-state index is 12.5. The van der Waals surface area contributed by atoms with Crippen molar-refractivity contribution in [3.8, 4) is 0 Å². The quantitative estimate of drug-likeness (QED) is 0.215. The van der Waals surface area contributed by atoms with E-state index in [4.69, 9.17) is 5.73 Å². The number of carbonyl (C=O) groups is 4. The first-order valence-corrected chi connectivity index (χ1v) is 10.9. The molecule has 0 fully saturated rings. The van der Waals surface area contributed by atoms with Gasteiger partial charge in [0.05, 0.1) is 12.1 Å². The van der Waals surface area contributed by atoms with Crippen LogP contribution in [0.4, 0.5) is 0 Å². The van der Waals surface area contributed by atoms with Gasteiger partial charge in [-0.3, -0.25) is 14.4 Å². The number of hydrogen-bond acceptors (Lipinski definition) is 7. The molecular weight excluding hydrogens is 400 g/mol. The Hall–Kier alpha value is -1.85. The molecular formula is C18H34N4O6S. The second-order valence-corrected chi connectivity index (χ2v) is 8.04. The zero-order valence-corrected chi connectivity index (χ0v) is 18.4. The molecule has 29 heavy (non-hydrogen) atoms. The van der Waals surface area contributed by atoms with Crippen molar-refractivity contribution in [2.24, 2.45) is 11.7 Å². The summed E-state index contributed by atoms with van der Waals surface area (Å²) in [6.45, 7) is 6.18. The first-order chi connectivity index (χ1) is 13.5. The highest BCUT2D eigenvalue weighted by atomic mass is 32.2. The number of carbonyl (C=O) groups excluding carboxylic acids is 3. The summed E-state index contributed by atoms with van der Waals surface area (Å²) in [5.74, 6) is -2.88. The summed E-state index contributed by atoms with van der Waals surface area (Å²) in [5, 5.41) is 26.4. The lowest BCUT2D eigenvalue weighted by molar-refractivity contribution is -0.144. The number of nitrogens with one attached hydrogen (secondary N) is 3. The molecule has 6 atom stereocenters. The summed E-state index contributed by atoms with van der Waals surface area (Å²) in [7, 11) is 0. The highest BCUT2D eigenvalue weighted by Gasteiger charge is 2.33. The number of amides is 3. The van der Waals surface area contributed by atoms with E-state index >= 15 is 0 Å². The van der Waals surface area contributed by atoms with Crippen LogP contribution in [0.25, 0.3) is 0 Å². The Bertz CT molecular complexity index is 575. The Morgan fingerprint density at radius 2 is 1.52 bits per heavy atom. The molecule has 0 radical (unpaired) electrons. The Kier molecular flexibility index (Phi) is 12.5. The van der Waals surface area contributed by atoms with Gasteiger partial charge in [-0.25, -0.2) is 4.79 Å². The number of rotatable bonds is 13. The van der Waals surface area contributed by atoms with Crippen LogP contribution in [0, 0.1) is 5.92 Å². The van der Waals surface area contributed by atoms with Gasteiger partial charge in [0.25, 0.3) is 0 Å². The SMILES string of the molecule is CCC(C)C(NC(=O)C(NC(=O)C(C)NC(=O)C(N)CCSC)C(C)O)C(=O)O. The van der Waals surface area contributed by atoms with Crippen LogP contribution in [0.15, 0.2) is 0 Å². The van der Waals surface area contributed by atoms with Gasteiger partial charge in [0.15, 0.2) is 0 Å². The molecule has 0 saturated heterocycles. The van der Waals surface area contributed by atoms with E-state index in [2.05, 4.69) is 16.0 Å². The van der Waals surface area contributed by atoms with Crippen molar-refractivity contribution < 1.29 is 29.4 Å². The van der Waals surface area contributed by atoms with E-state index in [0.29, 0.717) is 18.6 Å². The molecule has 0 rings (SSSR count). The average Bonchev–Trinajstić information content (AvgIpc) is 2.66. The van der Waals surface area contributed by atoms with E-state index < -0.39 is 54.0 Å². The van der Waals surface area contributed by atoms with Gasteiger partial charge in [0.1, 0.15) is 18.1 Å². The number of carboxylic acids is 1. The van der Waals surface area contributed by atoms with Crippen LogP contribution in [0.5, 0.6) is 0 Å². The molecule has 0 aliphatic rings. The molecule has 0 bridgehead atoms. The molecule has 168 valence electrons. The van der Waals surface area contributed by atoms with Gasteiger partial charge < -0.3 is 31.9 Å². The van der Waals surface area contributed by atoms with Gasteiger partial charge in [0, 0.05) is 0 Å². The highest BCUT2D eigenvalue weighted by molar-refractivity contribution is 7.98. The van der Waals surface area contributed by atoms with Gasteiger partial charge in [-0.2, -0.15) is 11.8 Å². The van der Waals surface area contributed by atoms with Crippen LogP contribution in [0.1, 0.15) is 40.5 Å². The van der Waals surface area contributed by atoms with E-state index in [0.717, 1.165) is 0 Å². The van der Waals surface area contributed by atoms with Crippen LogP contribution >= 0.6 is 11.8 Å². The van der Waals surface area contributed by atoms with Crippen molar-refractivity contribution in [2.75, 3.05) is 12.0 Å². The first kappa shape index (κ1) is 27.1. The Labute approximate surface area is 175 Å². The van der Waals surface area contributed by atoms with Crippen molar-refractivity contribution in [3.63, 3.8) is 0 Å². The molecule has 0 heterocycles. The number of aliphatic hydroxyl groups excluding tert-OH is 1. The van der Waals surface area contributed by atoms with Crippen molar-refractivity contribution in [3.05, 3.63) is 0 Å². The number of nitrogens with two attached hydrogens (primary N) is 1. The third kappa shape index (κ3) is 9.46. The Morgan fingerprint density at radius 1 is 0.966 bits per heavy atom. The smallest absolute Gasteiger partial charge is 0.326 e. The summed E-state index contributed by atoms with van der Waals surface area (Å²) in [4.78, 5) is 48.3. The van der Waals surface area contributed by atoms with Crippen LogP contribution < -0.4 is 21.7 Å². The highest BCUT2D eigenvalue weighted by Crippen LogP contribution is 2.09. The van der Waals surface area contributed by atoms with Gasteiger partial charge in [0.2, 0.25) is 17.7 Å². The molecule has 0 spiro atoms. The molecule has 0 aliphatic carbocycles. The Balaban J connectivity index is 5.01. The van der Waals surface area contributed by atoms with E-state index in [-0.39, 0.29) is 5.92 Å². The molecule has 0 saturated carbocycles. The summed E-state index contributed by atoms with van der Waals surface area (Å²) in [6, 6.07) is -4.29. The number of carboxylic acid groups (broad SMARTS) is 1. The van der Waals surface area contributed by atoms with Crippen LogP contribution in [-0.2, 0) is 19.2 Å². The van der Waals surface area contributed by atoms with Crippen molar-refractivity contribution >= 4 is 35.5 Å². The molecule has 0 aromatic heterocycles. The fourth-order valence-electron chi connectivity index (χ4n) is 2.37. The lowest BCUT2D eigenvalue weighted by atomic mass is 9.98. The lowest BCUT2D eigenvalue weighted by Gasteiger charge is -2.27.